The summed E-state index contributed by atoms with van der Waals surface area (Å²) in [6.07, 6.45) is 3.24. The molecule has 0 radical (unpaired) electrons. The molecular formula is C15H21F2N. The van der Waals surface area contributed by atoms with Crippen LogP contribution in [0.15, 0.2) is 24.3 Å². The monoisotopic (exact) mass is 253 g/mol. The minimum Gasteiger partial charge on any atom is -0.317 e. The van der Waals surface area contributed by atoms with E-state index in [1.54, 1.807) is 6.07 Å². The van der Waals surface area contributed by atoms with Gasteiger partial charge in [0.05, 0.1) is 0 Å². The average molecular weight is 253 g/mol. The second kappa shape index (κ2) is 5.79. The predicted molar refractivity (Wildman–Crippen MR) is 70.1 cm³/mol. The summed E-state index contributed by atoms with van der Waals surface area (Å²) in [4.78, 5) is 0. The molecule has 1 aromatic carbocycles. The van der Waals surface area contributed by atoms with E-state index in [0.717, 1.165) is 32.0 Å². The van der Waals surface area contributed by atoms with Gasteiger partial charge in [-0.1, -0.05) is 24.3 Å². The first-order valence-electron chi connectivity index (χ1n) is 6.69. The van der Waals surface area contributed by atoms with Gasteiger partial charge in [-0.25, -0.2) is 8.78 Å². The SMILES string of the molecule is CC(F)(F)Cc1cccc(CC2CCNCC2)c1. The highest BCUT2D eigenvalue weighted by Crippen LogP contribution is 2.22. The molecule has 1 aromatic rings. The third-order valence-corrected chi connectivity index (χ3v) is 3.49. The lowest BCUT2D eigenvalue weighted by Crippen LogP contribution is -2.28. The normalized spacial score (nSPS) is 17.9. The maximum atomic E-state index is 13.0. The topological polar surface area (TPSA) is 12.0 Å². The molecular weight excluding hydrogens is 232 g/mol. The Balaban J connectivity index is 1.98. The van der Waals surface area contributed by atoms with E-state index in [1.807, 2.05) is 12.1 Å². The molecule has 0 unspecified atom stereocenters. The Morgan fingerprint density at radius 3 is 2.56 bits per heavy atom. The summed E-state index contributed by atoms with van der Waals surface area (Å²) in [5.41, 5.74) is 1.94. The van der Waals surface area contributed by atoms with Crippen LogP contribution in [0.3, 0.4) is 0 Å². The summed E-state index contributed by atoms with van der Waals surface area (Å²) in [6.45, 7) is 3.14. The summed E-state index contributed by atoms with van der Waals surface area (Å²) in [5, 5.41) is 3.34. The predicted octanol–water partition coefficient (Wildman–Crippen LogP) is 3.43. The van der Waals surface area contributed by atoms with Crippen LogP contribution in [0.5, 0.6) is 0 Å². The van der Waals surface area contributed by atoms with Crippen LogP contribution in [0, 0.1) is 5.92 Å². The third kappa shape index (κ3) is 4.37. The van der Waals surface area contributed by atoms with Gasteiger partial charge in [0.2, 0.25) is 5.92 Å². The van der Waals surface area contributed by atoms with Crippen molar-refractivity contribution in [2.24, 2.45) is 5.92 Å². The molecule has 0 aromatic heterocycles. The van der Waals surface area contributed by atoms with Gasteiger partial charge >= 0.3 is 0 Å². The highest BCUT2D eigenvalue weighted by Gasteiger charge is 2.21. The molecule has 1 heterocycles. The van der Waals surface area contributed by atoms with Crippen LogP contribution in [0.1, 0.15) is 30.9 Å². The number of halogens is 2. The molecule has 1 aliphatic rings. The maximum absolute atomic E-state index is 13.0. The Labute approximate surface area is 108 Å². The number of rotatable bonds is 4. The number of benzene rings is 1. The largest absolute Gasteiger partial charge is 0.317 e. The molecule has 1 nitrogen and oxygen atoms in total. The summed E-state index contributed by atoms with van der Waals surface area (Å²) >= 11 is 0. The van der Waals surface area contributed by atoms with Crippen molar-refractivity contribution in [1.82, 2.24) is 5.32 Å². The minimum atomic E-state index is -2.62. The van der Waals surface area contributed by atoms with Crippen molar-refractivity contribution in [3.8, 4) is 0 Å². The first-order valence-corrected chi connectivity index (χ1v) is 6.69. The Kier molecular flexibility index (Phi) is 4.33. The van der Waals surface area contributed by atoms with Crippen molar-refractivity contribution in [2.75, 3.05) is 13.1 Å². The van der Waals surface area contributed by atoms with Gasteiger partial charge in [-0.15, -0.1) is 0 Å². The van der Waals surface area contributed by atoms with E-state index in [-0.39, 0.29) is 6.42 Å². The zero-order chi connectivity index (χ0) is 13.0. The van der Waals surface area contributed by atoms with Crippen molar-refractivity contribution in [3.63, 3.8) is 0 Å². The summed E-state index contributed by atoms with van der Waals surface area (Å²) in [6, 6.07) is 7.69. The van der Waals surface area contributed by atoms with Crippen LogP contribution >= 0.6 is 0 Å². The van der Waals surface area contributed by atoms with Crippen LogP contribution in [-0.2, 0) is 12.8 Å². The highest BCUT2D eigenvalue weighted by molar-refractivity contribution is 5.24. The second-order valence-corrected chi connectivity index (χ2v) is 5.46. The smallest absolute Gasteiger partial charge is 0.249 e. The molecule has 0 aliphatic carbocycles. The maximum Gasteiger partial charge on any atom is 0.249 e. The molecule has 0 amide bonds. The van der Waals surface area contributed by atoms with Gasteiger partial charge in [-0.05, 0) is 56.3 Å². The number of hydrogen-bond acceptors (Lipinski definition) is 1. The van der Waals surface area contributed by atoms with E-state index in [4.69, 9.17) is 0 Å². The highest BCUT2D eigenvalue weighted by atomic mass is 19.3. The minimum absolute atomic E-state index is 0.160. The first kappa shape index (κ1) is 13.5. The van der Waals surface area contributed by atoms with E-state index in [0.29, 0.717) is 5.92 Å². The molecule has 3 heteroatoms. The average Bonchev–Trinajstić information content (AvgIpc) is 2.28. The molecule has 0 atom stereocenters. The Bertz CT molecular complexity index is 378. The van der Waals surface area contributed by atoms with Crippen molar-refractivity contribution < 1.29 is 8.78 Å². The van der Waals surface area contributed by atoms with Gasteiger partial charge in [0, 0.05) is 6.42 Å². The molecule has 1 saturated heterocycles. The van der Waals surface area contributed by atoms with E-state index in [2.05, 4.69) is 11.4 Å². The molecule has 2 rings (SSSR count). The van der Waals surface area contributed by atoms with Crippen LogP contribution in [0.4, 0.5) is 8.78 Å². The number of piperidine rings is 1. The van der Waals surface area contributed by atoms with Gasteiger partial charge in [0.15, 0.2) is 0 Å². The molecule has 0 bridgehead atoms. The van der Waals surface area contributed by atoms with Gasteiger partial charge in [0.25, 0.3) is 0 Å². The Morgan fingerprint density at radius 2 is 1.89 bits per heavy atom. The zero-order valence-electron chi connectivity index (χ0n) is 10.9. The van der Waals surface area contributed by atoms with Crippen LogP contribution in [0.25, 0.3) is 0 Å². The first-order chi connectivity index (χ1) is 8.53. The van der Waals surface area contributed by atoms with E-state index in [1.165, 1.54) is 18.4 Å². The molecule has 0 spiro atoms. The second-order valence-electron chi connectivity index (χ2n) is 5.46. The lowest BCUT2D eigenvalue weighted by molar-refractivity contribution is 0.0226. The van der Waals surface area contributed by atoms with E-state index >= 15 is 0 Å². The fourth-order valence-electron chi connectivity index (χ4n) is 2.64. The van der Waals surface area contributed by atoms with Gasteiger partial charge < -0.3 is 5.32 Å². The molecule has 1 fully saturated rings. The molecule has 18 heavy (non-hydrogen) atoms. The molecule has 1 aliphatic heterocycles. The van der Waals surface area contributed by atoms with E-state index < -0.39 is 5.92 Å². The standard InChI is InChI=1S/C15H21F2N/c1-15(16,17)11-14-4-2-3-13(10-14)9-12-5-7-18-8-6-12/h2-4,10,12,18H,5-9,11H2,1H3. The van der Waals surface area contributed by atoms with Crippen molar-refractivity contribution in [1.29, 1.82) is 0 Å². The van der Waals surface area contributed by atoms with Gasteiger partial charge in [-0.2, -0.15) is 0 Å². The Hall–Kier alpha value is -0.960. The third-order valence-electron chi connectivity index (χ3n) is 3.49. The number of hydrogen-bond donors (Lipinski definition) is 1. The van der Waals surface area contributed by atoms with Crippen molar-refractivity contribution in [2.45, 2.75) is 38.5 Å². The van der Waals surface area contributed by atoms with Crippen LogP contribution in [0.2, 0.25) is 0 Å². The van der Waals surface area contributed by atoms with Gasteiger partial charge in [0.1, 0.15) is 0 Å². The molecule has 1 N–H and O–H groups in total. The quantitative estimate of drug-likeness (QED) is 0.867. The summed E-state index contributed by atoms with van der Waals surface area (Å²) in [5.74, 6) is -1.92. The van der Waals surface area contributed by atoms with Crippen LogP contribution in [-0.4, -0.2) is 19.0 Å². The number of alkyl halides is 2. The molecule has 0 saturated carbocycles. The summed E-state index contributed by atoms with van der Waals surface area (Å²) in [7, 11) is 0. The van der Waals surface area contributed by atoms with Gasteiger partial charge in [-0.3, -0.25) is 0 Å². The van der Waals surface area contributed by atoms with Crippen LogP contribution < -0.4 is 5.32 Å². The lowest BCUT2D eigenvalue weighted by atomic mass is 9.90. The zero-order valence-corrected chi connectivity index (χ0v) is 10.9. The molecule has 100 valence electrons. The lowest BCUT2D eigenvalue weighted by Gasteiger charge is -2.22. The van der Waals surface area contributed by atoms with E-state index in [9.17, 15) is 8.78 Å². The number of nitrogens with one attached hydrogen (secondary N) is 1. The fourth-order valence-corrected chi connectivity index (χ4v) is 2.64. The van der Waals surface area contributed by atoms with Crippen molar-refractivity contribution >= 4 is 0 Å². The Morgan fingerprint density at radius 1 is 1.22 bits per heavy atom. The fraction of sp³-hybridized carbons (Fsp3) is 0.600. The van der Waals surface area contributed by atoms with Crippen molar-refractivity contribution in [3.05, 3.63) is 35.4 Å². The summed E-state index contributed by atoms with van der Waals surface area (Å²) < 4.78 is 26.0.